The molecule has 1 aromatic rings. The number of urea groups is 1. The van der Waals surface area contributed by atoms with Crippen LogP contribution in [0.1, 0.15) is 12.0 Å². The zero-order chi connectivity index (χ0) is 16.2. The first kappa shape index (κ1) is 16.1. The highest BCUT2D eigenvalue weighted by atomic mass is 16.5. The SMILES string of the molecule is CN(C)C(=O)N1CCN(C[C@@H]2CCOc3ccccc3C2)CC1. The van der Waals surface area contributed by atoms with Crippen LogP contribution in [-0.4, -0.2) is 74.2 Å². The van der Waals surface area contributed by atoms with Gasteiger partial charge in [-0.15, -0.1) is 0 Å². The summed E-state index contributed by atoms with van der Waals surface area (Å²) in [6, 6.07) is 8.52. The molecule has 0 bridgehead atoms. The van der Waals surface area contributed by atoms with Crippen molar-refractivity contribution in [2.75, 3.05) is 53.4 Å². The van der Waals surface area contributed by atoms with E-state index in [9.17, 15) is 4.79 Å². The quantitative estimate of drug-likeness (QED) is 0.836. The van der Waals surface area contributed by atoms with Crippen molar-refractivity contribution in [3.8, 4) is 5.75 Å². The maximum Gasteiger partial charge on any atom is 0.319 e. The Kier molecular flexibility index (Phi) is 5.06. The van der Waals surface area contributed by atoms with Crippen molar-refractivity contribution in [3.63, 3.8) is 0 Å². The fourth-order valence-corrected chi connectivity index (χ4v) is 3.49. The molecule has 0 aromatic heterocycles. The van der Waals surface area contributed by atoms with Gasteiger partial charge in [0.25, 0.3) is 0 Å². The molecule has 2 aliphatic rings. The van der Waals surface area contributed by atoms with E-state index in [4.69, 9.17) is 4.74 Å². The maximum atomic E-state index is 12.0. The highest BCUT2D eigenvalue weighted by Crippen LogP contribution is 2.27. The average molecular weight is 317 g/mol. The minimum absolute atomic E-state index is 0.126. The molecular formula is C18H27N3O2. The van der Waals surface area contributed by atoms with E-state index in [0.29, 0.717) is 5.92 Å². The standard InChI is InChI=1S/C18H27N3O2/c1-19(2)18(22)21-10-8-20(9-11-21)14-15-7-12-23-17-6-4-3-5-16(17)13-15/h3-6,15H,7-14H2,1-2H3/t15-/m1/s1. The molecule has 0 radical (unpaired) electrons. The molecule has 2 heterocycles. The Bertz CT molecular complexity index is 539. The molecule has 1 atom stereocenters. The lowest BCUT2D eigenvalue weighted by atomic mass is 9.96. The first-order chi connectivity index (χ1) is 11.1. The molecule has 5 nitrogen and oxygen atoms in total. The van der Waals surface area contributed by atoms with E-state index in [1.54, 1.807) is 4.90 Å². The van der Waals surface area contributed by atoms with Crippen LogP contribution in [0, 0.1) is 5.92 Å². The van der Waals surface area contributed by atoms with Gasteiger partial charge < -0.3 is 14.5 Å². The van der Waals surface area contributed by atoms with Crippen molar-refractivity contribution in [3.05, 3.63) is 29.8 Å². The van der Waals surface area contributed by atoms with E-state index in [0.717, 1.165) is 57.9 Å². The molecule has 0 N–H and O–H groups in total. The number of ether oxygens (including phenoxy) is 1. The summed E-state index contributed by atoms with van der Waals surface area (Å²) in [5.74, 6) is 1.69. The van der Waals surface area contributed by atoms with Crippen molar-refractivity contribution in [1.82, 2.24) is 14.7 Å². The van der Waals surface area contributed by atoms with Crippen LogP contribution < -0.4 is 4.74 Å². The molecule has 23 heavy (non-hydrogen) atoms. The van der Waals surface area contributed by atoms with Gasteiger partial charge in [-0.2, -0.15) is 0 Å². The van der Waals surface area contributed by atoms with Crippen molar-refractivity contribution >= 4 is 6.03 Å². The predicted octanol–water partition coefficient (Wildman–Crippen LogP) is 1.93. The Morgan fingerprint density at radius 3 is 2.70 bits per heavy atom. The Morgan fingerprint density at radius 1 is 1.22 bits per heavy atom. The Labute approximate surface area is 138 Å². The molecule has 0 saturated carbocycles. The van der Waals surface area contributed by atoms with E-state index in [1.807, 2.05) is 25.1 Å². The van der Waals surface area contributed by atoms with E-state index in [1.165, 1.54) is 5.56 Å². The van der Waals surface area contributed by atoms with Crippen LogP contribution in [0.5, 0.6) is 5.75 Å². The van der Waals surface area contributed by atoms with Gasteiger partial charge >= 0.3 is 6.03 Å². The summed E-state index contributed by atoms with van der Waals surface area (Å²) in [5.41, 5.74) is 1.33. The van der Waals surface area contributed by atoms with Crippen molar-refractivity contribution in [2.45, 2.75) is 12.8 Å². The van der Waals surface area contributed by atoms with Crippen molar-refractivity contribution < 1.29 is 9.53 Å². The van der Waals surface area contributed by atoms with E-state index < -0.39 is 0 Å². The molecule has 126 valence electrons. The summed E-state index contributed by atoms with van der Waals surface area (Å²) in [6.07, 6.45) is 2.19. The van der Waals surface area contributed by atoms with Gasteiger partial charge in [0.2, 0.25) is 0 Å². The molecule has 1 aromatic carbocycles. The predicted molar refractivity (Wildman–Crippen MR) is 90.8 cm³/mol. The second-order valence-electron chi connectivity index (χ2n) is 6.78. The topological polar surface area (TPSA) is 36.0 Å². The number of carbonyl (C=O) groups is 1. The maximum absolute atomic E-state index is 12.0. The Hall–Kier alpha value is -1.75. The number of amides is 2. The lowest BCUT2D eigenvalue weighted by molar-refractivity contribution is 0.111. The lowest BCUT2D eigenvalue weighted by Gasteiger charge is -2.37. The number of hydrogen-bond acceptors (Lipinski definition) is 3. The number of piperazine rings is 1. The summed E-state index contributed by atoms with van der Waals surface area (Å²) in [4.78, 5) is 18.1. The third-order valence-electron chi connectivity index (χ3n) is 4.81. The van der Waals surface area contributed by atoms with Gasteiger partial charge in [0, 0.05) is 46.8 Å². The number of rotatable bonds is 2. The van der Waals surface area contributed by atoms with Gasteiger partial charge in [-0.1, -0.05) is 18.2 Å². The minimum atomic E-state index is 0.126. The molecule has 0 unspecified atom stereocenters. The van der Waals surface area contributed by atoms with Gasteiger partial charge in [0.15, 0.2) is 0 Å². The highest BCUT2D eigenvalue weighted by Gasteiger charge is 2.25. The highest BCUT2D eigenvalue weighted by molar-refractivity contribution is 5.73. The third kappa shape index (κ3) is 3.96. The molecule has 3 rings (SSSR count). The van der Waals surface area contributed by atoms with E-state index >= 15 is 0 Å². The van der Waals surface area contributed by atoms with E-state index in [2.05, 4.69) is 23.1 Å². The molecule has 1 saturated heterocycles. The number of nitrogens with zero attached hydrogens (tertiary/aromatic N) is 3. The Morgan fingerprint density at radius 2 is 1.96 bits per heavy atom. The number of carbonyl (C=O) groups excluding carboxylic acids is 1. The number of hydrogen-bond donors (Lipinski definition) is 0. The van der Waals surface area contributed by atoms with Crippen LogP contribution in [0.2, 0.25) is 0 Å². The van der Waals surface area contributed by atoms with Crippen LogP contribution in [0.15, 0.2) is 24.3 Å². The largest absolute Gasteiger partial charge is 0.493 e. The second kappa shape index (κ2) is 7.21. The van der Waals surface area contributed by atoms with Crippen molar-refractivity contribution in [1.29, 1.82) is 0 Å². The molecule has 2 amide bonds. The van der Waals surface area contributed by atoms with Crippen LogP contribution >= 0.6 is 0 Å². The molecule has 2 aliphatic heterocycles. The number of para-hydroxylation sites is 1. The van der Waals surface area contributed by atoms with Crippen LogP contribution in [0.3, 0.4) is 0 Å². The summed E-state index contributed by atoms with van der Waals surface area (Å²) in [7, 11) is 3.63. The molecule has 5 heteroatoms. The lowest BCUT2D eigenvalue weighted by Crippen LogP contribution is -2.52. The van der Waals surface area contributed by atoms with Crippen LogP contribution in [0.4, 0.5) is 4.79 Å². The summed E-state index contributed by atoms with van der Waals surface area (Å²) < 4.78 is 5.87. The van der Waals surface area contributed by atoms with Gasteiger partial charge in [-0.05, 0) is 30.4 Å². The summed E-state index contributed by atoms with van der Waals surface area (Å²) in [6.45, 7) is 5.51. The normalized spacial score (nSPS) is 22.0. The Balaban J connectivity index is 1.52. The molecule has 0 aliphatic carbocycles. The van der Waals surface area contributed by atoms with Gasteiger partial charge in [0.1, 0.15) is 5.75 Å². The van der Waals surface area contributed by atoms with Gasteiger partial charge in [0.05, 0.1) is 6.61 Å². The average Bonchev–Trinajstić information content (AvgIpc) is 2.76. The number of benzene rings is 1. The first-order valence-corrected chi connectivity index (χ1v) is 8.53. The number of fused-ring (bicyclic) bond motifs is 1. The van der Waals surface area contributed by atoms with E-state index in [-0.39, 0.29) is 6.03 Å². The monoisotopic (exact) mass is 317 g/mol. The zero-order valence-electron chi connectivity index (χ0n) is 14.2. The summed E-state index contributed by atoms with van der Waals surface area (Å²) in [5, 5.41) is 0. The van der Waals surface area contributed by atoms with Gasteiger partial charge in [-0.25, -0.2) is 4.79 Å². The van der Waals surface area contributed by atoms with Crippen LogP contribution in [-0.2, 0) is 6.42 Å². The minimum Gasteiger partial charge on any atom is -0.493 e. The fourth-order valence-electron chi connectivity index (χ4n) is 3.49. The van der Waals surface area contributed by atoms with Crippen LogP contribution in [0.25, 0.3) is 0 Å². The second-order valence-corrected chi connectivity index (χ2v) is 6.78. The van der Waals surface area contributed by atoms with Gasteiger partial charge in [-0.3, -0.25) is 4.90 Å². The zero-order valence-corrected chi connectivity index (χ0v) is 14.2. The molecule has 0 spiro atoms. The third-order valence-corrected chi connectivity index (χ3v) is 4.81. The molecular weight excluding hydrogens is 290 g/mol. The first-order valence-electron chi connectivity index (χ1n) is 8.53. The smallest absolute Gasteiger partial charge is 0.319 e. The molecule has 1 fully saturated rings. The van der Waals surface area contributed by atoms with Crippen molar-refractivity contribution in [2.24, 2.45) is 5.92 Å². The summed E-state index contributed by atoms with van der Waals surface area (Å²) >= 11 is 0. The fraction of sp³-hybridized carbons (Fsp3) is 0.611.